The first-order valence-corrected chi connectivity index (χ1v) is 7.94. The number of benzene rings is 1. The second kappa shape index (κ2) is 5.31. The number of nitrogens with two attached hydrogens (primary N) is 1. The zero-order valence-corrected chi connectivity index (χ0v) is 14.1. The molecule has 18 heavy (non-hydrogen) atoms. The fourth-order valence-electron chi connectivity index (χ4n) is 2.37. The molecule has 2 rings (SSSR count). The van der Waals surface area contributed by atoms with E-state index in [0.717, 1.165) is 0 Å². The molecule has 96 valence electrons. The molecule has 0 saturated heterocycles. The summed E-state index contributed by atoms with van der Waals surface area (Å²) < 4.78 is 1.29. The van der Waals surface area contributed by atoms with E-state index in [9.17, 15) is 0 Å². The summed E-state index contributed by atoms with van der Waals surface area (Å²) in [4.78, 5) is 0. The van der Waals surface area contributed by atoms with Crippen LogP contribution in [0.25, 0.3) is 0 Å². The summed E-state index contributed by atoms with van der Waals surface area (Å²) in [7, 11) is 0. The van der Waals surface area contributed by atoms with E-state index in [1.807, 2.05) is 0 Å². The molecule has 2 N–H and O–H groups in total. The average molecular weight is 371 g/mol. The predicted octanol–water partition coefficient (Wildman–Crippen LogP) is 4.63. The molecule has 0 fully saturated rings. The van der Waals surface area contributed by atoms with Gasteiger partial charge >= 0.3 is 0 Å². The fraction of sp³-hybridized carbons (Fsp3) is 0.333. The minimum atomic E-state index is -0.0108. The monoisotopic (exact) mass is 371 g/mol. The van der Waals surface area contributed by atoms with Gasteiger partial charge in [0, 0.05) is 0 Å². The van der Waals surface area contributed by atoms with Crippen molar-refractivity contribution in [1.29, 1.82) is 0 Å². The molecule has 1 atom stereocenters. The lowest BCUT2D eigenvalue weighted by Gasteiger charge is -2.20. The van der Waals surface area contributed by atoms with Crippen LogP contribution in [0, 0.1) is 30.6 Å². The Balaban J connectivity index is 2.57. The highest BCUT2D eigenvalue weighted by Gasteiger charge is 2.17. The molecular weight excluding hydrogens is 353 g/mol. The number of hydrogen-bond donors (Lipinski definition) is 1. The van der Waals surface area contributed by atoms with E-state index < -0.39 is 0 Å². The van der Waals surface area contributed by atoms with Gasteiger partial charge in [-0.15, -0.1) is 11.3 Å². The molecule has 1 unspecified atom stereocenters. The number of thiophene rings is 1. The summed E-state index contributed by atoms with van der Waals surface area (Å²) >= 11 is 4.10. The van der Waals surface area contributed by atoms with Crippen LogP contribution in [-0.2, 0) is 0 Å². The lowest BCUT2D eigenvalue weighted by Crippen LogP contribution is -2.15. The molecule has 0 aliphatic heterocycles. The molecule has 1 nitrogen and oxygen atoms in total. The molecule has 0 amide bonds. The van der Waals surface area contributed by atoms with Crippen molar-refractivity contribution in [2.24, 2.45) is 5.73 Å². The van der Waals surface area contributed by atoms with Crippen molar-refractivity contribution in [2.45, 2.75) is 33.7 Å². The Kier molecular flexibility index (Phi) is 4.14. The summed E-state index contributed by atoms with van der Waals surface area (Å²) in [6, 6.07) is 4.42. The zero-order valence-electron chi connectivity index (χ0n) is 11.2. The minimum Gasteiger partial charge on any atom is -0.320 e. The quantitative estimate of drug-likeness (QED) is 0.765. The number of halogens is 1. The molecule has 0 saturated carbocycles. The van der Waals surface area contributed by atoms with Crippen LogP contribution in [0.4, 0.5) is 0 Å². The third-order valence-electron chi connectivity index (χ3n) is 3.68. The maximum Gasteiger partial charge on any atom is 0.0656 e. The normalized spacial score (nSPS) is 12.8. The summed E-state index contributed by atoms with van der Waals surface area (Å²) in [6.45, 7) is 8.67. The van der Waals surface area contributed by atoms with Crippen LogP contribution in [0.3, 0.4) is 0 Å². The van der Waals surface area contributed by atoms with Crippen molar-refractivity contribution >= 4 is 33.9 Å². The Hall–Kier alpha value is -0.390. The van der Waals surface area contributed by atoms with Crippen molar-refractivity contribution in [3.8, 4) is 0 Å². The van der Waals surface area contributed by atoms with Gasteiger partial charge in [-0.25, -0.2) is 0 Å². The van der Waals surface area contributed by atoms with Crippen LogP contribution in [0.15, 0.2) is 17.5 Å². The van der Waals surface area contributed by atoms with Crippen LogP contribution >= 0.6 is 33.9 Å². The van der Waals surface area contributed by atoms with Crippen molar-refractivity contribution in [3.63, 3.8) is 0 Å². The lowest BCUT2D eigenvalue weighted by atomic mass is 9.88. The zero-order chi connectivity index (χ0) is 13.4. The first-order valence-electron chi connectivity index (χ1n) is 5.98. The molecule has 0 bridgehead atoms. The molecule has 1 heterocycles. The fourth-order valence-corrected chi connectivity index (χ4v) is 3.78. The molecule has 1 aromatic carbocycles. The number of rotatable bonds is 2. The van der Waals surface area contributed by atoms with Crippen molar-refractivity contribution in [2.75, 3.05) is 0 Å². The largest absolute Gasteiger partial charge is 0.320 e. The van der Waals surface area contributed by atoms with Gasteiger partial charge in [-0.1, -0.05) is 6.07 Å². The van der Waals surface area contributed by atoms with Crippen LogP contribution < -0.4 is 5.73 Å². The Morgan fingerprint density at radius 1 is 1.06 bits per heavy atom. The van der Waals surface area contributed by atoms with E-state index in [2.05, 4.69) is 67.8 Å². The summed E-state index contributed by atoms with van der Waals surface area (Å²) in [5, 5.41) is 2.17. The Morgan fingerprint density at radius 2 is 1.61 bits per heavy atom. The highest BCUT2D eigenvalue weighted by molar-refractivity contribution is 14.1. The van der Waals surface area contributed by atoms with E-state index in [1.54, 1.807) is 11.3 Å². The van der Waals surface area contributed by atoms with Gasteiger partial charge < -0.3 is 5.73 Å². The highest BCUT2D eigenvalue weighted by atomic mass is 127. The van der Waals surface area contributed by atoms with Gasteiger partial charge in [-0.3, -0.25) is 0 Å². The van der Waals surface area contributed by atoms with Crippen LogP contribution in [-0.4, -0.2) is 0 Å². The number of aryl methyl sites for hydroxylation is 2. The van der Waals surface area contributed by atoms with Gasteiger partial charge in [0.2, 0.25) is 0 Å². The second-order valence-electron chi connectivity index (χ2n) is 4.84. The standard InChI is InChI=1S/C15H18INS/c1-8-5-9(2)11(4)14(10(8)3)15(17)12-6-13(16)18-7-12/h5-7,15H,17H2,1-4H3. The van der Waals surface area contributed by atoms with E-state index >= 15 is 0 Å². The summed E-state index contributed by atoms with van der Waals surface area (Å²) in [5.41, 5.74) is 14.3. The second-order valence-corrected chi connectivity index (χ2v) is 7.64. The van der Waals surface area contributed by atoms with Crippen molar-refractivity contribution in [1.82, 2.24) is 0 Å². The molecule has 0 spiro atoms. The number of hydrogen-bond acceptors (Lipinski definition) is 2. The van der Waals surface area contributed by atoms with Crippen molar-refractivity contribution in [3.05, 3.63) is 53.8 Å². The van der Waals surface area contributed by atoms with Gasteiger partial charge in [-0.2, -0.15) is 0 Å². The minimum absolute atomic E-state index is 0.0108. The van der Waals surface area contributed by atoms with Crippen LogP contribution in [0.2, 0.25) is 0 Å². The molecule has 1 aromatic heterocycles. The van der Waals surface area contributed by atoms with Crippen molar-refractivity contribution < 1.29 is 0 Å². The molecule has 2 aromatic rings. The van der Waals surface area contributed by atoms with Crippen LogP contribution in [0.5, 0.6) is 0 Å². The molecule has 3 heteroatoms. The maximum absolute atomic E-state index is 6.47. The Morgan fingerprint density at radius 3 is 2.06 bits per heavy atom. The van der Waals surface area contributed by atoms with E-state index in [4.69, 9.17) is 5.73 Å². The smallest absolute Gasteiger partial charge is 0.0656 e. The maximum atomic E-state index is 6.47. The summed E-state index contributed by atoms with van der Waals surface area (Å²) in [5.74, 6) is 0. The van der Waals surface area contributed by atoms with Gasteiger partial charge in [-0.05, 0) is 95.1 Å². The lowest BCUT2D eigenvalue weighted by molar-refractivity contribution is 0.849. The predicted molar refractivity (Wildman–Crippen MR) is 88.5 cm³/mol. The van der Waals surface area contributed by atoms with E-state index in [0.29, 0.717) is 0 Å². The molecule has 0 radical (unpaired) electrons. The third kappa shape index (κ3) is 2.49. The molecule has 0 aliphatic rings. The summed E-state index contributed by atoms with van der Waals surface area (Å²) in [6.07, 6.45) is 0. The average Bonchev–Trinajstić information content (AvgIpc) is 2.73. The Bertz CT molecular complexity index is 560. The van der Waals surface area contributed by atoms with Gasteiger partial charge in [0.25, 0.3) is 0 Å². The third-order valence-corrected chi connectivity index (χ3v) is 5.49. The van der Waals surface area contributed by atoms with Crippen LogP contribution in [0.1, 0.15) is 39.4 Å². The molecular formula is C15H18INS. The van der Waals surface area contributed by atoms with Gasteiger partial charge in [0.05, 0.1) is 8.93 Å². The Labute approximate surface area is 127 Å². The SMILES string of the molecule is Cc1cc(C)c(C)c(C(N)c2csc(I)c2)c1C. The highest BCUT2D eigenvalue weighted by Crippen LogP contribution is 2.32. The first kappa shape index (κ1) is 14.0. The van der Waals surface area contributed by atoms with Gasteiger partial charge in [0.1, 0.15) is 0 Å². The van der Waals surface area contributed by atoms with Gasteiger partial charge in [0.15, 0.2) is 0 Å². The van der Waals surface area contributed by atoms with E-state index in [1.165, 1.54) is 36.3 Å². The van der Waals surface area contributed by atoms with E-state index in [-0.39, 0.29) is 6.04 Å². The first-order chi connectivity index (χ1) is 8.41. The topological polar surface area (TPSA) is 26.0 Å². The molecule has 0 aliphatic carbocycles.